The first-order chi connectivity index (χ1) is 7.72. The minimum absolute atomic E-state index is 0.120. The number of hydrogen-bond acceptors (Lipinski definition) is 6. The zero-order valence-electron chi connectivity index (χ0n) is 8.67. The lowest BCUT2D eigenvalue weighted by Crippen LogP contribution is -2.23. The Labute approximate surface area is 92.5 Å². The third-order valence-corrected chi connectivity index (χ3v) is 2.07. The van der Waals surface area contributed by atoms with Gasteiger partial charge in [-0.15, -0.1) is 0 Å². The summed E-state index contributed by atoms with van der Waals surface area (Å²) in [7, 11) is -0.493. The lowest BCUT2D eigenvalue weighted by atomic mass is 10.2. The highest BCUT2D eigenvalue weighted by Crippen LogP contribution is 2.45. The number of rotatable bonds is 3. The van der Waals surface area contributed by atoms with Crippen LogP contribution in [0.4, 0.5) is 0 Å². The van der Waals surface area contributed by atoms with Crippen LogP contribution >= 0.6 is 0 Å². The molecule has 0 saturated heterocycles. The van der Waals surface area contributed by atoms with E-state index in [0.717, 1.165) is 0 Å². The summed E-state index contributed by atoms with van der Waals surface area (Å²) in [4.78, 5) is 0. The maximum atomic E-state index is 8.81. The van der Waals surface area contributed by atoms with E-state index in [9.17, 15) is 0 Å². The fourth-order valence-electron chi connectivity index (χ4n) is 1.45. The van der Waals surface area contributed by atoms with E-state index in [1.54, 1.807) is 12.1 Å². The van der Waals surface area contributed by atoms with Gasteiger partial charge in [0.15, 0.2) is 17.2 Å². The van der Waals surface area contributed by atoms with E-state index in [1.807, 2.05) is 0 Å². The third kappa shape index (κ3) is 2.00. The summed E-state index contributed by atoms with van der Waals surface area (Å²) in [5.74, 6) is 1.27. The summed E-state index contributed by atoms with van der Waals surface area (Å²) in [6.07, 6.45) is 0. The van der Waals surface area contributed by atoms with Crippen molar-refractivity contribution in [1.82, 2.24) is 0 Å². The van der Waals surface area contributed by atoms with E-state index in [4.69, 9.17) is 28.9 Å². The highest BCUT2D eigenvalue weighted by Gasteiger charge is 2.25. The van der Waals surface area contributed by atoms with Crippen LogP contribution in [0.25, 0.3) is 0 Å². The van der Waals surface area contributed by atoms with Gasteiger partial charge in [0.05, 0.1) is 7.11 Å². The average Bonchev–Trinajstić information content (AvgIpc) is 2.29. The van der Waals surface area contributed by atoms with Crippen LogP contribution in [-0.4, -0.2) is 37.7 Å². The molecule has 0 aliphatic carbocycles. The van der Waals surface area contributed by atoms with Crippen molar-refractivity contribution in [2.24, 2.45) is 0 Å². The van der Waals surface area contributed by atoms with Gasteiger partial charge in [0.25, 0.3) is 0 Å². The molecular formula is C9H11BO6. The van der Waals surface area contributed by atoms with E-state index >= 15 is 0 Å². The molecule has 2 N–H and O–H groups in total. The standard InChI is InChI=1S/C9H11BO6/c1-13-6-2-3-7-8(15-5-4-14-7)9(6)16-10(11)12/h2-3,11-12H,4-5H2,1H3. The van der Waals surface area contributed by atoms with Crippen LogP contribution in [0.15, 0.2) is 12.1 Å². The summed E-state index contributed by atoms with van der Waals surface area (Å²) in [5.41, 5.74) is 0. The minimum Gasteiger partial charge on any atom is -0.506 e. The number of fused-ring (bicyclic) bond motifs is 1. The maximum Gasteiger partial charge on any atom is 0.707 e. The summed E-state index contributed by atoms with van der Waals surface area (Å²) >= 11 is 0. The SMILES string of the molecule is COc1ccc2c(c1OB(O)O)OCCO2. The molecule has 1 aromatic rings. The molecule has 16 heavy (non-hydrogen) atoms. The topological polar surface area (TPSA) is 77.4 Å². The number of ether oxygens (including phenoxy) is 3. The van der Waals surface area contributed by atoms with Crippen molar-refractivity contribution in [3.63, 3.8) is 0 Å². The van der Waals surface area contributed by atoms with E-state index in [1.165, 1.54) is 7.11 Å². The highest BCUT2D eigenvalue weighted by atomic mass is 16.6. The van der Waals surface area contributed by atoms with Crippen molar-refractivity contribution in [2.45, 2.75) is 0 Å². The van der Waals surface area contributed by atoms with Crippen molar-refractivity contribution in [3.8, 4) is 23.0 Å². The first-order valence-electron chi connectivity index (χ1n) is 4.71. The van der Waals surface area contributed by atoms with Crippen LogP contribution < -0.4 is 18.9 Å². The van der Waals surface area contributed by atoms with Gasteiger partial charge < -0.3 is 28.9 Å². The van der Waals surface area contributed by atoms with E-state index in [0.29, 0.717) is 30.5 Å². The first kappa shape index (κ1) is 10.9. The molecule has 0 spiro atoms. The Kier molecular flexibility index (Phi) is 3.07. The van der Waals surface area contributed by atoms with Crippen LogP contribution in [0, 0.1) is 0 Å². The van der Waals surface area contributed by atoms with Crippen LogP contribution in [0.3, 0.4) is 0 Å². The monoisotopic (exact) mass is 226 g/mol. The Hall–Kier alpha value is -1.60. The van der Waals surface area contributed by atoms with Gasteiger partial charge in [0.2, 0.25) is 5.75 Å². The van der Waals surface area contributed by atoms with Gasteiger partial charge in [-0.1, -0.05) is 0 Å². The molecule has 1 heterocycles. The van der Waals surface area contributed by atoms with Gasteiger partial charge in [-0.25, -0.2) is 0 Å². The Bertz CT molecular complexity index is 381. The molecule has 86 valence electrons. The van der Waals surface area contributed by atoms with Crippen molar-refractivity contribution in [2.75, 3.05) is 20.3 Å². The lowest BCUT2D eigenvalue weighted by Gasteiger charge is -2.22. The quantitative estimate of drug-likeness (QED) is 0.696. The second kappa shape index (κ2) is 4.50. The summed E-state index contributed by atoms with van der Waals surface area (Å²) in [6.45, 7) is 0.818. The summed E-state index contributed by atoms with van der Waals surface area (Å²) in [6, 6.07) is 3.27. The summed E-state index contributed by atoms with van der Waals surface area (Å²) < 4.78 is 20.5. The summed E-state index contributed by atoms with van der Waals surface area (Å²) in [5, 5.41) is 17.6. The zero-order valence-corrected chi connectivity index (χ0v) is 8.67. The Morgan fingerprint density at radius 1 is 1.25 bits per heavy atom. The van der Waals surface area contributed by atoms with E-state index in [-0.39, 0.29) is 5.75 Å². The zero-order chi connectivity index (χ0) is 11.5. The molecule has 0 unspecified atom stereocenters. The molecule has 6 nitrogen and oxygen atoms in total. The van der Waals surface area contributed by atoms with Gasteiger partial charge in [-0.05, 0) is 12.1 Å². The molecule has 0 radical (unpaired) electrons. The Balaban J connectivity index is 2.43. The van der Waals surface area contributed by atoms with Crippen molar-refractivity contribution in [3.05, 3.63) is 12.1 Å². The van der Waals surface area contributed by atoms with Crippen LogP contribution in [0.1, 0.15) is 0 Å². The average molecular weight is 226 g/mol. The van der Waals surface area contributed by atoms with E-state index < -0.39 is 7.32 Å². The van der Waals surface area contributed by atoms with Gasteiger partial charge in [0.1, 0.15) is 13.2 Å². The van der Waals surface area contributed by atoms with Crippen LogP contribution in [-0.2, 0) is 0 Å². The lowest BCUT2D eigenvalue weighted by molar-refractivity contribution is 0.163. The molecule has 1 aliphatic heterocycles. The smallest absolute Gasteiger partial charge is 0.506 e. The fraction of sp³-hybridized carbons (Fsp3) is 0.333. The molecule has 2 rings (SSSR count). The van der Waals surface area contributed by atoms with Gasteiger partial charge in [-0.3, -0.25) is 0 Å². The molecule has 1 aromatic carbocycles. The molecule has 0 bridgehead atoms. The van der Waals surface area contributed by atoms with Gasteiger partial charge >= 0.3 is 7.32 Å². The molecule has 0 saturated carbocycles. The number of methoxy groups -OCH3 is 1. The van der Waals surface area contributed by atoms with Crippen LogP contribution in [0.5, 0.6) is 23.0 Å². The Morgan fingerprint density at radius 3 is 2.69 bits per heavy atom. The number of benzene rings is 1. The molecule has 1 aliphatic rings. The maximum absolute atomic E-state index is 8.81. The normalized spacial score (nSPS) is 13.2. The second-order valence-corrected chi connectivity index (χ2v) is 3.07. The van der Waals surface area contributed by atoms with E-state index in [2.05, 4.69) is 0 Å². The molecule has 7 heteroatoms. The number of hydrogen-bond donors (Lipinski definition) is 2. The second-order valence-electron chi connectivity index (χ2n) is 3.07. The molecular weight excluding hydrogens is 215 g/mol. The van der Waals surface area contributed by atoms with Crippen molar-refractivity contribution in [1.29, 1.82) is 0 Å². The molecule has 0 fully saturated rings. The largest absolute Gasteiger partial charge is 0.707 e. The highest BCUT2D eigenvalue weighted by molar-refractivity contribution is 6.34. The molecule has 0 aromatic heterocycles. The first-order valence-corrected chi connectivity index (χ1v) is 4.71. The molecule has 0 atom stereocenters. The van der Waals surface area contributed by atoms with Crippen molar-refractivity contribution >= 4 is 7.32 Å². The van der Waals surface area contributed by atoms with Gasteiger partial charge in [-0.2, -0.15) is 0 Å². The Morgan fingerprint density at radius 2 is 2.00 bits per heavy atom. The van der Waals surface area contributed by atoms with Crippen molar-refractivity contribution < 1.29 is 28.9 Å². The molecule has 0 amide bonds. The van der Waals surface area contributed by atoms with Gasteiger partial charge in [0, 0.05) is 0 Å². The fourth-order valence-corrected chi connectivity index (χ4v) is 1.45. The predicted molar refractivity (Wildman–Crippen MR) is 54.8 cm³/mol. The predicted octanol–water partition coefficient (Wildman–Crippen LogP) is -0.185. The third-order valence-electron chi connectivity index (χ3n) is 2.07. The minimum atomic E-state index is -1.94. The van der Waals surface area contributed by atoms with Crippen LogP contribution in [0.2, 0.25) is 0 Å².